The van der Waals surface area contributed by atoms with Gasteiger partial charge in [0.2, 0.25) is 9.84 Å². The zero-order valence-electron chi connectivity index (χ0n) is 17.2. The highest BCUT2D eigenvalue weighted by Crippen LogP contribution is 2.34. The van der Waals surface area contributed by atoms with Gasteiger partial charge in [-0.2, -0.15) is 0 Å². The molecule has 11 heteroatoms. The minimum atomic E-state index is -3.76. The number of anilines is 1. The molecule has 31 heavy (non-hydrogen) atoms. The number of hydrogen-bond acceptors (Lipinski definition) is 7. The van der Waals surface area contributed by atoms with Crippen molar-refractivity contribution in [2.24, 2.45) is 0 Å². The first-order valence-corrected chi connectivity index (χ1v) is 11.4. The van der Waals surface area contributed by atoms with E-state index in [0.717, 1.165) is 43.9 Å². The fourth-order valence-electron chi connectivity index (χ4n) is 4.14. The topological polar surface area (TPSA) is 82.8 Å². The van der Waals surface area contributed by atoms with Crippen molar-refractivity contribution in [1.29, 1.82) is 0 Å². The van der Waals surface area contributed by atoms with E-state index in [1.54, 1.807) is 28.8 Å². The highest BCUT2D eigenvalue weighted by molar-refractivity contribution is 7.91. The normalized spacial score (nSPS) is 17.0. The maximum Gasteiger partial charge on any atom is 0.214 e. The summed E-state index contributed by atoms with van der Waals surface area (Å²) in [5.74, 6) is 0.509. The van der Waals surface area contributed by atoms with Gasteiger partial charge in [0.05, 0.1) is 10.6 Å². The molecular formula is C20H26Cl2N6O2S. The fourth-order valence-corrected chi connectivity index (χ4v) is 5.68. The Labute approximate surface area is 194 Å². The molecular weight excluding hydrogens is 459 g/mol. The van der Waals surface area contributed by atoms with Crippen LogP contribution in [0.3, 0.4) is 0 Å². The monoisotopic (exact) mass is 484 g/mol. The van der Waals surface area contributed by atoms with Gasteiger partial charge in [-0.05, 0) is 19.2 Å². The van der Waals surface area contributed by atoms with E-state index >= 15 is 0 Å². The standard InChI is InChI=1S/C20H24N6O2S.2ClH/c1-24-10-7-17-15(14-24)13-22-19-18(29(27,28)16-5-3-2-4-6-16)20(23-26(17)19)25-11-8-21-9-12-25;;/h2-6,13,21H,7-12,14H2,1H3;2*1H. The highest BCUT2D eigenvalue weighted by atomic mass is 35.5. The maximum atomic E-state index is 13.6. The second-order valence-corrected chi connectivity index (χ2v) is 9.55. The summed E-state index contributed by atoms with van der Waals surface area (Å²) in [6, 6.07) is 8.57. The Hall–Kier alpha value is -1.91. The molecule has 1 N–H and O–H groups in total. The molecule has 5 rings (SSSR count). The summed E-state index contributed by atoms with van der Waals surface area (Å²) in [6.07, 6.45) is 2.63. The number of aromatic nitrogens is 3. The van der Waals surface area contributed by atoms with Crippen molar-refractivity contribution in [1.82, 2.24) is 24.8 Å². The van der Waals surface area contributed by atoms with Crippen LogP contribution in [-0.2, 0) is 22.8 Å². The van der Waals surface area contributed by atoms with Crippen molar-refractivity contribution < 1.29 is 8.42 Å². The van der Waals surface area contributed by atoms with Gasteiger partial charge in [-0.1, -0.05) is 18.2 Å². The molecule has 0 unspecified atom stereocenters. The molecule has 3 aromatic rings. The minimum absolute atomic E-state index is 0. The molecule has 0 atom stereocenters. The van der Waals surface area contributed by atoms with Gasteiger partial charge in [0.25, 0.3) is 0 Å². The number of piperazine rings is 1. The average Bonchev–Trinajstić information content (AvgIpc) is 3.15. The lowest BCUT2D eigenvalue weighted by Crippen LogP contribution is -2.44. The van der Waals surface area contributed by atoms with Crippen LogP contribution in [0.2, 0.25) is 0 Å². The molecule has 0 radical (unpaired) electrons. The number of nitrogens with zero attached hydrogens (tertiary/aromatic N) is 5. The third-order valence-electron chi connectivity index (χ3n) is 5.68. The van der Waals surface area contributed by atoms with Crippen LogP contribution in [0.4, 0.5) is 5.82 Å². The van der Waals surface area contributed by atoms with Gasteiger partial charge in [-0.3, -0.25) is 0 Å². The summed E-state index contributed by atoms with van der Waals surface area (Å²) in [6.45, 7) is 4.74. The Kier molecular flexibility index (Phi) is 7.12. The molecule has 0 amide bonds. The molecule has 1 fully saturated rings. The van der Waals surface area contributed by atoms with Gasteiger partial charge in [0, 0.05) is 57.4 Å². The Balaban J connectivity index is 0.00000136. The highest BCUT2D eigenvalue weighted by Gasteiger charge is 2.33. The lowest BCUT2D eigenvalue weighted by molar-refractivity contribution is 0.307. The molecule has 1 aromatic carbocycles. The quantitative estimate of drug-likeness (QED) is 0.606. The zero-order chi connectivity index (χ0) is 20.0. The summed E-state index contributed by atoms with van der Waals surface area (Å²) < 4.78 is 29.1. The van der Waals surface area contributed by atoms with E-state index in [9.17, 15) is 8.42 Å². The number of likely N-dealkylation sites (N-methyl/N-ethyl adjacent to an activating group) is 1. The Morgan fingerprint density at radius 1 is 1.03 bits per heavy atom. The number of nitrogens with one attached hydrogen (secondary N) is 1. The third-order valence-corrected chi connectivity index (χ3v) is 7.48. The fraction of sp³-hybridized carbons (Fsp3) is 0.400. The van der Waals surface area contributed by atoms with Crippen molar-refractivity contribution in [3.63, 3.8) is 0 Å². The van der Waals surface area contributed by atoms with Crippen molar-refractivity contribution >= 4 is 46.1 Å². The molecule has 2 aliphatic heterocycles. The van der Waals surface area contributed by atoms with E-state index in [1.165, 1.54) is 0 Å². The number of sulfone groups is 1. The maximum absolute atomic E-state index is 13.6. The van der Waals surface area contributed by atoms with E-state index in [0.29, 0.717) is 24.6 Å². The van der Waals surface area contributed by atoms with Crippen LogP contribution in [-0.4, -0.2) is 67.7 Å². The van der Waals surface area contributed by atoms with Gasteiger partial charge < -0.3 is 15.1 Å². The molecule has 4 heterocycles. The number of benzene rings is 1. The first kappa shape index (κ1) is 23.7. The van der Waals surface area contributed by atoms with Crippen molar-refractivity contribution in [2.45, 2.75) is 22.8 Å². The summed E-state index contributed by atoms with van der Waals surface area (Å²) >= 11 is 0. The molecule has 2 aromatic heterocycles. The molecule has 0 saturated carbocycles. The lowest BCUT2D eigenvalue weighted by Gasteiger charge is -2.28. The number of hydrogen-bond donors (Lipinski definition) is 1. The molecule has 0 spiro atoms. The lowest BCUT2D eigenvalue weighted by atomic mass is 10.1. The van der Waals surface area contributed by atoms with Crippen LogP contribution in [0, 0.1) is 0 Å². The third kappa shape index (κ3) is 4.12. The smallest absolute Gasteiger partial charge is 0.214 e. The van der Waals surface area contributed by atoms with Crippen molar-refractivity contribution in [3.05, 3.63) is 47.8 Å². The largest absolute Gasteiger partial charge is 0.351 e. The van der Waals surface area contributed by atoms with Crippen LogP contribution in [0.25, 0.3) is 5.65 Å². The molecule has 0 bridgehead atoms. The van der Waals surface area contributed by atoms with E-state index < -0.39 is 9.84 Å². The van der Waals surface area contributed by atoms with E-state index in [2.05, 4.69) is 27.1 Å². The van der Waals surface area contributed by atoms with Gasteiger partial charge in [0.1, 0.15) is 0 Å². The van der Waals surface area contributed by atoms with Crippen LogP contribution in [0.1, 0.15) is 11.3 Å². The van der Waals surface area contributed by atoms with E-state index in [4.69, 9.17) is 5.10 Å². The van der Waals surface area contributed by atoms with E-state index in [-0.39, 0.29) is 34.6 Å². The second-order valence-electron chi connectivity index (χ2n) is 7.66. The SMILES string of the molecule is CN1CCc2c(cnc3c(S(=O)(=O)c4ccccc4)c(N4CCNCC4)nn23)C1.Cl.Cl. The van der Waals surface area contributed by atoms with Gasteiger partial charge in [-0.25, -0.2) is 17.9 Å². The number of halogens is 2. The summed E-state index contributed by atoms with van der Waals surface area (Å²) in [5, 5.41) is 8.14. The van der Waals surface area contributed by atoms with Gasteiger partial charge in [-0.15, -0.1) is 29.9 Å². The molecule has 1 saturated heterocycles. The van der Waals surface area contributed by atoms with Crippen molar-refractivity contribution in [3.8, 4) is 0 Å². The molecule has 168 valence electrons. The van der Waals surface area contributed by atoms with Crippen LogP contribution >= 0.6 is 24.8 Å². The number of fused-ring (bicyclic) bond motifs is 3. The predicted molar refractivity (Wildman–Crippen MR) is 124 cm³/mol. The Morgan fingerprint density at radius 2 is 1.74 bits per heavy atom. The second kappa shape index (κ2) is 9.30. The number of rotatable bonds is 3. The summed E-state index contributed by atoms with van der Waals surface area (Å²) in [5.41, 5.74) is 2.58. The van der Waals surface area contributed by atoms with Crippen molar-refractivity contribution in [2.75, 3.05) is 44.7 Å². The molecule has 2 aliphatic rings. The minimum Gasteiger partial charge on any atom is -0.351 e. The Bertz CT molecular complexity index is 1160. The predicted octanol–water partition coefficient (Wildman–Crippen LogP) is 1.80. The Morgan fingerprint density at radius 3 is 2.45 bits per heavy atom. The van der Waals surface area contributed by atoms with Crippen LogP contribution < -0.4 is 10.2 Å². The van der Waals surface area contributed by atoms with Crippen LogP contribution in [0.5, 0.6) is 0 Å². The zero-order valence-corrected chi connectivity index (χ0v) is 19.6. The van der Waals surface area contributed by atoms with Gasteiger partial charge in [0.15, 0.2) is 16.4 Å². The van der Waals surface area contributed by atoms with Crippen LogP contribution in [0.15, 0.2) is 46.3 Å². The summed E-state index contributed by atoms with van der Waals surface area (Å²) in [7, 11) is -1.68. The molecule has 8 nitrogen and oxygen atoms in total. The first-order chi connectivity index (χ1) is 14.1. The van der Waals surface area contributed by atoms with Gasteiger partial charge >= 0.3 is 0 Å². The molecule has 0 aliphatic carbocycles. The average molecular weight is 485 g/mol. The van der Waals surface area contributed by atoms with E-state index in [1.807, 2.05) is 12.3 Å². The first-order valence-electron chi connectivity index (χ1n) is 9.89. The summed E-state index contributed by atoms with van der Waals surface area (Å²) in [4.78, 5) is 9.36.